The van der Waals surface area contributed by atoms with Crippen molar-refractivity contribution >= 4 is 22.9 Å². The van der Waals surface area contributed by atoms with E-state index in [0.717, 1.165) is 11.3 Å². The van der Waals surface area contributed by atoms with Gasteiger partial charge in [-0.05, 0) is 36.8 Å². The SMILES string of the molecule is C=CCN(C(=S)C#N)c1cccc(C)c1. The summed E-state index contributed by atoms with van der Waals surface area (Å²) in [5.41, 5.74) is 2.07. The van der Waals surface area contributed by atoms with Crippen LogP contribution in [0.5, 0.6) is 0 Å². The normalized spacial score (nSPS) is 9.07. The zero-order valence-corrected chi connectivity index (χ0v) is 9.42. The fourth-order valence-corrected chi connectivity index (χ4v) is 1.47. The third-order valence-electron chi connectivity index (χ3n) is 1.97. The summed E-state index contributed by atoms with van der Waals surface area (Å²) in [5, 5.41) is 8.80. The van der Waals surface area contributed by atoms with Gasteiger partial charge in [-0.25, -0.2) is 0 Å². The van der Waals surface area contributed by atoms with Crippen LogP contribution in [0, 0.1) is 18.3 Å². The molecule has 1 rings (SSSR count). The lowest BCUT2D eigenvalue weighted by atomic mass is 10.2. The average Bonchev–Trinajstić information content (AvgIpc) is 2.25. The number of nitrogens with zero attached hydrogens (tertiary/aromatic N) is 2. The Morgan fingerprint density at radius 1 is 1.67 bits per heavy atom. The first-order valence-corrected chi connectivity index (χ1v) is 4.99. The summed E-state index contributed by atoms with van der Waals surface area (Å²) in [4.78, 5) is 2.02. The van der Waals surface area contributed by atoms with Gasteiger partial charge in [-0.2, -0.15) is 5.26 Å². The Morgan fingerprint density at radius 2 is 2.40 bits per heavy atom. The molecule has 0 saturated carbocycles. The molecule has 3 heteroatoms. The minimum absolute atomic E-state index is 0.264. The molecule has 0 aliphatic rings. The van der Waals surface area contributed by atoms with Crippen LogP contribution in [0.25, 0.3) is 0 Å². The van der Waals surface area contributed by atoms with Crippen LogP contribution in [-0.4, -0.2) is 11.5 Å². The highest BCUT2D eigenvalue weighted by Gasteiger charge is 2.09. The first-order valence-electron chi connectivity index (χ1n) is 4.58. The van der Waals surface area contributed by atoms with Crippen molar-refractivity contribution in [2.75, 3.05) is 11.4 Å². The molecular formula is C12H12N2S. The summed E-state index contributed by atoms with van der Waals surface area (Å²) in [6, 6.07) is 9.85. The third-order valence-corrected chi connectivity index (χ3v) is 2.28. The van der Waals surface area contributed by atoms with Crippen molar-refractivity contribution in [3.05, 3.63) is 42.5 Å². The first-order chi connectivity index (χ1) is 7.19. The van der Waals surface area contributed by atoms with Crippen molar-refractivity contribution in [3.63, 3.8) is 0 Å². The Balaban J connectivity index is 3.04. The van der Waals surface area contributed by atoms with E-state index in [1.165, 1.54) is 0 Å². The van der Waals surface area contributed by atoms with E-state index < -0.39 is 0 Å². The van der Waals surface area contributed by atoms with Crippen LogP contribution in [0.15, 0.2) is 36.9 Å². The summed E-state index contributed by atoms with van der Waals surface area (Å²) in [5.74, 6) is 0. The Bertz CT molecular complexity index is 418. The van der Waals surface area contributed by atoms with Crippen LogP contribution in [0.2, 0.25) is 0 Å². The van der Waals surface area contributed by atoms with Gasteiger partial charge in [0, 0.05) is 12.2 Å². The number of nitriles is 1. The van der Waals surface area contributed by atoms with Gasteiger partial charge in [-0.15, -0.1) is 6.58 Å². The van der Waals surface area contributed by atoms with Crippen LogP contribution in [-0.2, 0) is 0 Å². The van der Waals surface area contributed by atoms with Crippen LogP contribution >= 0.6 is 12.2 Å². The van der Waals surface area contributed by atoms with Crippen LogP contribution in [0.1, 0.15) is 5.56 Å². The highest BCUT2D eigenvalue weighted by Crippen LogP contribution is 2.16. The highest BCUT2D eigenvalue weighted by molar-refractivity contribution is 7.81. The van der Waals surface area contributed by atoms with Gasteiger partial charge in [0.1, 0.15) is 6.07 Å². The molecule has 1 aromatic rings. The molecule has 0 aliphatic heterocycles. The molecule has 0 radical (unpaired) electrons. The van der Waals surface area contributed by atoms with Crippen molar-refractivity contribution in [1.29, 1.82) is 5.26 Å². The summed E-state index contributed by atoms with van der Waals surface area (Å²) >= 11 is 4.98. The van der Waals surface area contributed by atoms with Crippen LogP contribution in [0.3, 0.4) is 0 Å². The van der Waals surface area contributed by atoms with Crippen molar-refractivity contribution in [1.82, 2.24) is 0 Å². The number of hydrogen-bond donors (Lipinski definition) is 0. The molecule has 0 atom stereocenters. The predicted octanol–water partition coefficient (Wildman–Crippen LogP) is 2.84. The summed E-state index contributed by atoms with van der Waals surface area (Å²) in [7, 11) is 0. The van der Waals surface area contributed by atoms with Crippen molar-refractivity contribution in [2.24, 2.45) is 0 Å². The molecule has 0 aromatic heterocycles. The number of benzene rings is 1. The number of thiocarbonyl (C=S) groups is 1. The minimum atomic E-state index is 0.264. The Morgan fingerprint density at radius 3 is 2.93 bits per heavy atom. The second-order valence-electron chi connectivity index (χ2n) is 3.16. The number of hydrogen-bond acceptors (Lipinski definition) is 2. The van der Waals surface area contributed by atoms with E-state index in [4.69, 9.17) is 17.5 Å². The van der Waals surface area contributed by atoms with E-state index in [1.807, 2.05) is 37.3 Å². The Hall–Kier alpha value is -1.66. The summed E-state index contributed by atoms with van der Waals surface area (Å²) in [6.07, 6.45) is 1.73. The summed E-state index contributed by atoms with van der Waals surface area (Å²) < 4.78 is 0. The van der Waals surface area contributed by atoms with E-state index in [-0.39, 0.29) is 4.99 Å². The molecule has 0 fully saturated rings. The van der Waals surface area contributed by atoms with Gasteiger partial charge < -0.3 is 4.90 Å². The van der Waals surface area contributed by atoms with Gasteiger partial charge in [0.25, 0.3) is 0 Å². The maximum Gasteiger partial charge on any atom is 0.185 e. The number of aryl methyl sites for hydroxylation is 1. The molecule has 0 bridgehead atoms. The molecule has 15 heavy (non-hydrogen) atoms. The van der Waals surface area contributed by atoms with Gasteiger partial charge >= 0.3 is 0 Å². The molecule has 0 N–H and O–H groups in total. The van der Waals surface area contributed by atoms with Gasteiger partial charge in [-0.3, -0.25) is 0 Å². The predicted molar refractivity (Wildman–Crippen MR) is 66.9 cm³/mol. The zero-order chi connectivity index (χ0) is 11.3. The van der Waals surface area contributed by atoms with Crippen LogP contribution < -0.4 is 4.90 Å². The molecule has 0 aliphatic carbocycles. The maximum atomic E-state index is 8.80. The van der Waals surface area contributed by atoms with Gasteiger partial charge in [0.05, 0.1) is 0 Å². The number of anilines is 1. The Kier molecular flexibility index (Phi) is 4.02. The molecule has 0 spiro atoms. The van der Waals surface area contributed by atoms with Crippen molar-refractivity contribution in [3.8, 4) is 6.07 Å². The molecule has 0 saturated heterocycles. The zero-order valence-electron chi connectivity index (χ0n) is 8.60. The second kappa shape index (κ2) is 5.28. The monoisotopic (exact) mass is 216 g/mol. The lowest BCUT2D eigenvalue weighted by Gasteiger charge is -2.20. The van der Waals surface area contributed by atoms with Crippen molar-refractivity contribution < 1.29 is 0 Å². The van der Waals surface area contributed by atoms with E-state index in [9.17, 15) is 0 Å². The van der Waals surface area contributed by atoms with Gasteiger partial charge in [0.2, 0.25) is 0 Å². The molecular weight excluding hydrogens is 204 g/mol. The fourth-order valence-electron chi connectivity index (χ4n) is 1.29. The average molecular weight is 216 g/mol. The topological polar surface area (TPSA) is 27.0 Å². The third kappa shape index (κ3) is 2.90. The van der Waals surface area contributed by atoms with E-state index in [0.29, 0.717) is 6.54 Å². The van der Waals surface area contributed by atoms with E-state index in [1.54, 1.807) is 11.0 Å². The van der Waals surface area contributed by atoms with Gasteiger partial charge in [-0.1, -0.05) is 18.2 Å². The summed E-state index contributed by atoms with van der Waals surface area (Å²) in [6.45, 7) is 6.21. The molecule has 0 heterocycles. The maximum absolute atomic E-state index is 8.80. The second-order valence-corrected chi connectivity index (χ2v) is 3.54. The van der Waals surface area contributed by atoms with E-state index in [2.05, 4.69) is 6.58 Å². The number of rotatable bonds is 3. The first kappa shape index (κ1) is 11.4. The quantitative estimate of drug-likeness (QED) is 0.574. The molecule has 2 nitrogen and oxygen atoms in total. The van der Waals surface area contributed by atoms with Crippen molar-refractivity contribution in [2.45, 2.75) is 6.92 Å². The van der Waals surface area contributed by atoms with Crippen LogP contribution in [0.4, 0.5) is 5.69 Å². The molecule has 76 valence electrons. The Labute approximate surface area is 95.4 Å². The fraction of sp³-hybridized carbons (Fsp3) is 0.167. The molecule has 0 amide bonds. The van der Waals surface area contributed by atoms with E-state index >= 15 is 0 Å². The lowest BCUT2D eigenvalue weighted by Crippen LogP contribution is -2.28. The lowest BCUT2D eigenvalue weighted by molar-refractivity contribution is 1.16. The molecule has 1 aromatic carbocycles. The smallest absolute Gasteiger partial charge is 0.185 e. The molecule has 0 unspecified atom stereocenters. The highest BCUT2D eigenvalue weighted by atomic mass is 32.1. The standard InChI is InChI=1S/C12H12N2S/c1-3-7-14(12(15)9-13)11-6-4-5-10(2)8-11/h3-6,8H,1,7H2,2H3. The minimum Gasteiger partial charge on any atom is -0.320 e. The van der Waals surface area contributed by atoms with Gasteiger partial charge in [0.15, 0.2) is 4.99 Å². The largest absolute Gasteiger partial charge is 0.320 e.